The quantitative estimate of drug-likeness (QED) is 0.0247. The van der Waals surface area contributed by atoms with E-state index in [1.54, 1.807) is 56.3 Å². The molecule has 0 aromatic heterocycles. The highest BCUT2D eigenvalue weighted by Crippen LogP contribution is 2.21. The first kappa shape index (κ1) is 112. The fraction of sp³-hybridized carbons (Fsp3) is 0.588. The molecule has 0 saturated heterocycles. The van der Waals surface area contributed by atoms with Crippen LogP contribution in [-0.2, 0) is 17.6 Å². The first-order valence-electron chi connectivity index (χ1n) is 41.4. The van der Waals surface area contributed by atoms with Crippen LogP contribution in [0.2, 0.25) is 0 Å². The number of carbonyl (C=O) groups excluding carboxylic acids is 1. The Balaban J connectivity index is 2.67. The van der Waals surface area contributed by atoms with Crippen molar-refractivity contribution in [1.82, 2.24) is 15.5 Å². The second kappa shape index (κ2) is 59.6. The molecule has 0 bridgehead atoms. The van der Waals surface area contributed by atoms with Crippen LogP contribution in [0.25, 0.3) is 0 Å². The van der Waals surface area contributed by atoms with Gasteiger partial charge in [0.15, 0.2) is 41.7 Å². The van der Waals surface area contributed by atoms with Crippen LogP contribution in [0.5, 0.6) is 0 Å². The lowest BCUT2D eigenvalue weighted by Crippen LogP contribution is -2.46. The lowest BCUT2D eigenvalue weighted by atomic mass is 10.0. The number of likely N-dealkylation sites (N-methyl/N-ethyl adjacent to an activating group) is 1. The van der Waals surface area contributed by atoms with Crippen LogP contribution in [0.4, 0.5) is 0 Å². The maximum Gasteiger partial charge on any atom is 0.250 e. The summed E-state index contributed by atoms with van der Waals surface area (Å²) in [7, 11) is 1.18. The summed E-state index contributed by atoms with van der Waals surface area (Å²) >= 11 is 0. The molecule has 718 valence electrons. The third-order valence-corrected chi connectivity index (χ3v) is 18.8. The van der Waals surface area contributed by atoms with Gasteiger partial charge in [-0.15, -0.1) is 0 Å². The Kier molecular flexibility index (Phi) is 51.7. The maximum atomic E-state index is 14.4. The number of aliphatic hydroxyl groups is 20. The van der Waals surface area contributed by atoms with Gasteiger partial charge in [-0.1, -0.05) is 74.5 Å². The number of nitrogens with one attached hydrogen (secondary N) is 7. The van der Waals surface area contributed by atoms with E-state index in [2.05, 4.69) is 85.5 Å². The Morgan fingerprint density at radius 3 is 1.26 bits per heavy atom. The van der Waals surface area contributed by atoms with Gasteiger partial charge in [-0.05, 0) is 141 Å². The van der Waals surface area contributed by atoms with Crippen molar-refractivity contribution in [2.45, 2.75) is 235 Å². The van der Waals surface area contributed by atoms with E-state index in [4.69, 9.17) is 55.7 Å². The fourth-order valence-corrected chi connectivity index (χ4v) is 11.6. The monoisotopic (exact) mass is 1820 g/mol. The van der Waals surface area contributed by atoms with Gasteiger partial charge in [0, 0.05) is 33.0 Å². The summed E-state index contributed by atoms with van der Waals surface area (Å²) in [6.45, 7) is 5.79. The third-order valence-electron chi connectivity index (χ3n) is 18.8. The highest BCUT2D eigenvalue weighted by molar-refractivity contribution is 5.97. The number of hydrogen-bond acceptors (Lipinski definition) is 26. The van der Waals surface area contributed by atoms with Crippen LogP contribution in [0.15, 0.2) is 136 Å². The third kappa shape index (κ3) is 44.6. The van der Waals surface area contributed by atoms with Crippen LogP contribution < -0.4 is 39.3 Å². The second-order valence-electron chi connectivity index (χ2n) is 30.2. The van der Waals surface area contributed by atoms with Crippen LogP contribution in [0.1, 0.15) is 143 Å². The summed E-state index contributed by atoms with van der Waals surface area (Å²) in [5.74, 6) is -17.1. The molecule has 37 N–H and O–H groups in total. The van der Waals surface area contributed by atoms with Gasteiger partial charge in [-0.3, -0.25) is 31.8 Å². The molecule has 0 fully saturated rings. The minimum Gasteiger partial charge on any atom is -0.497 e. The number of nitrogens with two attached hydrogens (primary N) is 5. The largest absolute Gasteiger partial charge is 0.497 e. The van der Waals surface area contributed by atoms with Crippen LogP contribution in [0, 0.1) is 33.0 Å². The second-order valence-corrected chi connectivity index (χ2v) is 30.2. The lowest BCUT2D eigenvalue weighted by Gasteiger charge is -2.27. The maximum absolute atomic E-state index is 14.4. The molecule has 0 unspecified atom stereocenters. The predicted molar refractivity (Wildman–Crippen MR) is 500 cm³/mol. The van der Waals surface area contributed by atoms with E-state index in [1.807, 2.05) is 18.2 Å². The Labute approximate surface area is 746 Å². The molecular weight excluding hydrogens is 1690 g/mol. The summed E-state index contributed by atoms with van der Waals surface area (Å²) in [5.41, 5.74) is 30.1. The molecule has 2 aromatic rings. The Bertz CT molecular complexity index is 4370. The van der Waals surface area contributed by atoms with Crippen molar-refractivity contribution < 1.29 is 107 Å². The van der Waals surface area contributed by atoms with Gasteiger partial charge in [0.1, 0.15) is 86.1 Å². The first-order valence-corrected chi connectivity index (χ1v) is 41.4. The number of benzene rings is 2. The molecule has 0 radical (unpaired) electrons. The van der Waals surface area contributed by atoms with Crippen molar-refractivity contribution in [3.8, 4) is 0 Å². The van der Waals surface area contributed by atoms with Crippen LogP contribution in [0.3, 0.4) is 0 Å². The summed E-state index contributed by atoms with van der Waals surface area (Å²) in [4.78, 5) is 76.5. The highest BCUT2D eigenvalue weighted by Gasteiger charge is 2.34. The molecule has 2 aromatic carbocycles. The average molecular weight is 1820 g/mol. The minimum absolute atomic E-state index is 0.0180. The van der Waals surface area contributed by atoms with Gasteiger partial charge in [0.2, 0.25) is 94.4 Å². The van der Waals surface area contributed by atoms with E-state index in [0.29, 0.717) is 18.4 Å². The molecule has 0 aliphatic heterocycles. The van der Waals surface area contributed by atoms with Crippen molar-refractivity contribution in [3.63, 3.8) is 0 Å². The number of aliphatic imine (C=N–C) groups is 15. The average Bonchev–Trinajstić information content (AvgIpc) is 0.919. The topological polar surface area (TPSA) is 884 Å². The number of carbonyl (C=O) groups is 1. The van der Waals surface area contributed by atoms with Crippen LogP contribution in [-0.4, -0.2) is 381 Å². The molecule has 0 spiro atoms. The number of unbranched alkanes of at least 4 members (excludes halogenated alkanes) is 2. The number of amides is 1. The number of rotatable bonds is 62. The zero-order valence-electron chi connectivity index (χ0n) is 73.4. The van der Waals surface area contributed by atoms with Crippen molar-refractivity contribution in [1.29, 1.82) is 27.0 Å². The predicted octanol–water partition coefficient (Wildman–Crippen LogP) is 4.44. The highest BCUT2D eigenvalue weighted by atomic mass is 16.3. The molecule has 0 saturated carbocycles. The Morgan fingerprint density at radius 1 is 0.411 bits per heavy atom. The van der Waals surface area contributed by atoms with Gasteiger partial charge in [-0.2, -0.15) is 0 Å². The molecule has 2 rings (SSSR count). The van der Waals surface area contributed by atoms with Gasteiger partial charge in [0.05, 0.1) is 25.2 Å². The van der Waals surface area contributed by atoms with E-state index in [-0.39, 0.29) is 116 Å². The molecular formula is C80H132N28O21. The van der Waals surface area contributed by atoms with Crippen molar-refractivity contribution in [2.75, 3.05) is 59.5 Å². The van der Waals surface area contributed by atoms with E-state index >= 15 is 0 Å². The van der Waals surface area contributed by atoms with Gasteiger partial charge in [0.25, 0.3) is 0 Å². The van der Waals surface area contributed by atoms with E-state index in [1.165, 1.54) is 34.7 Å². The molecule has 15 atom stereocenters. The number of hydrogen-bond donors (Lipinski definition) is 32. The smallest absolute Gasteiger partial charge is 0.250 e. The molecule has 1 amide bonds. The summed E-state index contributed by atoms with van der Waals surface area (Å²) in [5, 5.41) is 263. The number of aliphatic hydroxyl groups excluding tert-OH is 20. The number of nitrogens with zero attached hydrogens (tertiary/aromatic N) is 16. The Morgan fingerprint density at radius 2 is 0.806 bits per heavy atom. The minimum atomic E-state index is -1.86. The summed E-state index contributed by atoms with van der Waals surface area (Å²) in [6, 6.07) is -3.28. The van der Waals surface area contributed by atoms with Crippen molar-refractivity contribution >= 4 is 124 Å². The molecule has 49 nitrogen and oxygen atoms in total. The van der Waals surface area contributed by atoms with Gasteiger partial charge in [-0.25, -0.2) is 74.9 Å². The molecule has 0 aliphatic carbocycles. The van der Waals surface area contributed by atoms with Crippen LogP contribution >= 0.6 is 0 Å². The normalized spacial score (nSPS) is 17.4. The molecule has 0 heterocycles. The SMILES string of the molecule is CC(C)C[C@H](N=C(O)[C@H](CCCCN)N=C(O)[C@H](CCCNC(=N)N)N=C(O)[C@H](C)N(C)C(=O)[C@H](CO)N=C(O)[C@H](CCCCN)N=C(O)[C@H](CCCNC(=N)N)N=C(O)[C@H](C)N=C(O)CN=C(O)[C@@H](N=C(O)[C@H](Cc1ccccc1)N=C(O)CN=C(O)CN=C(O)[C@@H](N)Cc1ccccc1)[C@@H](C)O)C(O)=N[C@@H](C)C(O)=N[C@@H](CC(=N)O)C(O)=N[C@@H](CCC(=N)O)C(=N)O. The van der Waals surface area contributed by atoms with E-state index in [9.17, 15) is 107 Å². The summed E-state index contributed by atoms with van der Waals surface area (Å²) in [6.07, 6.45) is -2.07. The van der Waals surface area contributed by atoms with Crippen molar-refractivity contribution in [3.05, 3.63) is 71.8 Å². The summed E-state index contributed by atoms with van der Waals surface area (Å²) < 4.78 is 0. The zero-order chi connectivity index (χ0) is 97.2. The zero-order valence-corrected chi connectivity index (χ0v) is 73.4. The Hall–Kier alpha value is -13.3. The van der Waals surface area contributed by atoms with E-state index in [0.717, 1.165) is 10.5 Å². The van der Waals surface area contributed by atoms with Gasteiger partial charge < -0.3 is 146 Å². The lowest BCUT2D eigenvalue weighted by molar-refractivity contribution is -0.133. The fourth-order valence-electron chi connectivity index (χ4n) is 11.6. The molecule has 49 heteroatoms. The first-order chi connectivity index (χ1) is 60.8. The number of guanidine groups is 2. The molecule has 129 heavy (non-hydrogen) atoms. The standard InChI is InChI=1S/C80H132N28O21/c1-42(2)34-55(74(125)97-44(4)67(118)104-57(37-60(85)112)75(126)99-50(65(86)116)28-29-59(84)111)105-72(123)51(24-14-16-30-81)102-71(122)54(27-19-33-92-80(89)90)101-68(119)45(5)108(7)78(129)58(41-109)106-73(124)52(25-15-17-31-82)103-70(121)53(26-18-32-91-79(87)88)100-66(117)43(3)96-62(114)40-95-77(128)64(46(6)110)107-76(127)56(36-48-22-12-9-13-23-48)98-63(115)39-93-61(113)38-94-69(120)49(83)35-47-20-10-8-11-21-47/h8-13,20-23,42-46,49-58,64,109-110H,14-19,24-41,81-83H2,1-7H3,(H2,84,111)(H2,85,112)(H2,86,116)(H,93,113)(H,94,120)(H,95,128)(H,96,114)(H,97,125)(H,98,115)(H,99,126)(H,100,117)(H,101,119)(H,102,122)(H,103,121)(H,104,118)(H,105,123)(H,106,124)(H,107,127)(H4,87,88,91)(H4,89,90,92)/t43-,44-,45-,46+,49-,50-,51-,52-,53-,54-,55-,56-,57-,58-,64-/m0/s1. The molecule has 0 aliphatic rings. The van der Waals surface area contributed by atoms with E-state index < -0.39 is 247 Å². The van der Waals surface area contributed by atoms with Gasteiger partial charge >= 0.3 is 0 Å². The van der Waals surface area contributed by atoms with Crippen molar-refractivity contribution in [2.24, 2.45) is 109 Å².